The van der Waals surface area contributed by atoms with Crippen LogP contribution in [0.1, 0.15) is 39.5 Å². The molecule has 0 atom stereocenters. The number of carbonyl (C=O) groups excluding carboxylic acids is 1. The molecular formula is C29H24BrN3O5S. The summed E-state index contributed by atoms with van der Waals surface area (Å²) in [6.07, 6.45) is 1.74. The van der Waals surface area contributed by atoms with E-state index in [2.05, 4.69) is 27.0 Å². The van der Waals surface area contributed by atoms with E-state index in [4.69, 9.17) is 9.47 Å². The number of carboxylic acid groups (broad SMARTS) is 1. The molecule has 1 aliphatic rings. The third-order valence-electron chi connectivity index (χ3n) is 5.89. The van der Waals surface area contributed by atoms with E-state index in [-0.39, 0.29) is 18.1 Å². The molecule has 8 nitrogen and oxygen atoms in total. The Morgan fingerprint density at radius 1 is 1.21 bits per heavy atom. The number of ether oxygens (including phenoxy) is 2. The van der Waals surface area contributed by atoms with Gasteiger partial charge in [-0.1, -0.05) is 24.3 Å². The highest BCUT2D eigenvalue weighted by atomic mass is 79.9. The fourth-order valence-corrected chi connectivity index (χ4v) is 5.42. The first-order valence-corrected chi connectivity index (χ1v) is 13.5. The molecule has 198 valence electrons. The van der Waals surface area contributed by atoms with E-state index in [9.17, 15) is 20.0 Å². The van der Waals surface area contributed by atoms with Gasteiger partial charge in [0, 0.05) is 12.6 Å². The van der Waals surface area contributed by atoms with Crippen molar-refractivity contribution < 1.29 is 24.2 Å². The summed E-state index contributed by atoms with van der Waals surface area (Å²) in [6, 6.07) is 17.9. The maximum atomic E-state index is 13.0. The Morgan fingerprint density at radius 3 is 2.69 bits per heavy atom. The molecule has 3 aromatic carbocycles. The van der Waals surface area contributed by atoms with Crippen LogP contribution in [-0.2, 0) is 11.4 Å². The predicted octanol–water partition coefficient (Wildman–Crippen LogP) is 6.54. The smallest absolute Gasteiger partial charge is 0.336 e. The number of likely N-dealkylation sites (N-methyl/N-ethyl adjacent to an activating group) is 1. The van der Waals surface area contributed by atoms with Gasteiger partial charge >= 0.3 is 5.97 Å². The Morgan fingerprint density at radius 2 is 1.97 bits per heavy atom. The lowest BCUT2D eigenvalue weighted by Crippen LogP contribution is -2.23. The van der Waals surface area contributed by atoms with Gasteiger partial charge in [0.05, 0.1) is 38.9 Å². The molecule has 1 N–H and O–H groups in total. The highest BCUT2D eigenvalue weighted by Crippen LogP contribution is 2.40. The second kappa shape index (κ2) is 12.2. The Bertz CT molecular complexity index is 1560. The van der Waals surface area contributed by atoms with E-state index in [1.807, 2.05) is 25.1 Å². The first kappa shape index (κ1) is 28.0. The summed E-state index contributed by atoms with van der Waals surface area (Å²) in [6.45, 7) is 4.14. The van der Waals surface area contributed by atoms with Gasteiger partial charge in [-0.3, -0.25) is 9.69 Å². The summed E-state index contributed by atoms with van der Waals surface area (Å²) in [4.78, 5) is 31.0. The van der Waals surface area contributed by atoms with Crippen LogP contribution in [0.25, 0.3) is 6.08 Å². The maximum Gasteiger partial charge on any atom is 0.336 e. The van der Waals surface area contributed by atoms with Crippen molar-refractivity contribution >= 4 is 56.5 Å². The highest BCUT2D eigenvalue weighted by molar-refractivity contribution is 9.10. The van der Waals surface area contributed by atoms with Gasteiger partial charge in [0.25, 0.3) is 5.91 Å². The fourth-order valence-electron chi connectivity index (χ4n) is 3.86. The maximum absolute atomic E-state index is 13.0. The van der Waals surface area contributed by atoms with Gasteiger partial charge < -0.3 is 14.6 Å². The van der Waals surface area contributed by atoms with E-state index < -0.39 is 5.97 Å². The van der Waals surface area contributed by atoms with Crippen LogP contribution in [0, 0.1) is 18.3 Å². The lowest BCUT2D eigenvalue weighted by Gasteiger charge is -2.15. The number of aliphatic imine (C=N–C) groups is 1. The van der Waals surface area contributed by atoms with Crippen molar-refractivity contribution in [1.82, 2.24) is 4.90 Å². The molecule has 10 heteroatoms. The second-order valence-electron chi connectivity index (χ2n) is 8.44. The summed E-state index contributed by atoms with van der Waals surface area (Å²) >= 11 is 4.77. The normalized spacial score (nSPS) is 15.1. The molecule has 0 bridgehead atoms. The number of amidine groups is 1. The van der Waals surface area contributed by atoms with Gasteiger partial charge in [-0.2, -0.15) is 5.26 Å². The molecule has 1 fully saturated rings. The Hall–Kier alpha value is -4.07. The standard InChI is InChI=1S/C29H24BrN3O5S/c1-4-37-24-13-18(12-22(30)26(24)38-16-20-9-6-5-8-19(20)15-31)14-25-27(34)33(3)29(39-25)32-23-11-7-10-21(17(23)2)28(35)36/h5-14H,4,16H2,1-3H3,(H,35,36)/b25-14-,32-29?. The third-order valence-corrected chi connectivity index (χ3v) is 7.54. The molecule has 1 amide bonds. The minimum atomic E-state index is -1.03. The monoisotopic (exact) mass is 605 g/mol. The van der Waals surface area contributed by atoms with Gasteiger partial charge in [-0.25, -0.2) is 9.79 Å². The van der Waals surface area contributed by atoms with Crippen molar-refractivity contribution in [3.05, 3.63) is 91.8 Å². The van der Waals surface area contributed by atoms with Crippen molar-refractivity contribution in [2.75, 3.05) is 13.7 Å². The van der Waals surface area contributed by atoms with Crippen LogP contribution in [0.4, 0.5) is 5.69 Å². The van der Waals surface area contributed by atoms with E-state index in [0.29, 0.717) is 55.0 Å². The number of aromatic carboxylic acids is 1. The number of benzene rings is 3. The number of carbonyl (C=O) groups is 2. The minimum Gasteiger partial charge on any atom is -0.490 e. The predicted molar refractivity (Wildman–Crippen MR) is 154 cm³/mol. The Balaban J connectivity index is 1.62. The fraction of sp³-hybridized carbons (Fsp3) is 0.172. The molecule has 1 heterocycles. The molecule has 0 spiro atoms. The van der Waals surface area contributed by atoms with Gasteiger partial charge in [-0.15, -0.1) is 0 Å². The number of thioether (sulfide) groups is 1. The molecule has 39 heavy (non-hydrogen) atoms. The van der Waals surface area contributed by atoms with Crippen molar-refractivity contribution in [3.8, 4) is 17.6 Å². The SMILES string of the molecule is CCOc1cc(/C=C2\SC(=Nc3cccc(C(=O)O)c3C)N(C)C2=O)cc(Br)c1OCc1ccccc1C#N. The number of halogens is 1. The van der Waals surface area contributed by atoms with E-state index in [1.54, 1.807) is 50.4 Å². The van der Waals surface area contributed by atoms with Crippen molar-refractivity contribution in [1.29, 1.82) is 5.26 Å². The average molecular weight is 606 g/mol. The quantitative estimate of drug-likeness (QED) is 0.290. The molecule has 4 rings (SSSR count). The van der Waals surface area contributed by atoms with Crippen LogP contribution in [-0.4, -0.2) is 40.7 Å². The van der Waals surface area contributed by atoms with E-state index >= 15 is 0 Å². The first-order valence-electron chi connectivity index (χ1n) is 11.9. The third kappa shape index (κ3) is 6.16. The van der Waals surface area contributed by atoms with Gasteiger partial charge in [0.2, 0.25) is 0 Å². The lowest BCUT2D eigenvalue weighted by molar-refractivity contribution is -0.121. The number of carboxylic acids is 1. The van der Waals surface area contributed by atoms with Crippen LogP contribution < -0.4 is 9.47 Å². The minimum absolute atomic E-state index is 0.163. The topological polar surface area (TPSA) is 112 Å². The van der Waals surface area contributed by atoms with Gasteiger partial charge in [0.15, 0.2) is 16.7 Å². The number of nitriles is 1. The molecule has 0 aliphatic carbocycles. The summed E-state index contributed by atoms with van der Waals surface area (Å²) < 4.78 is 12.5. The molecule has 0 aromatic heterocycles. The summed E-state index contributed by atoms with van der Waals surface area (Å²) in [5, 5.41) is 19.2. The molecular weight excluding hydrogens is 582 g/mol. The molecule has 3 aromatic rings. The Kier molecular flexibility index (Phi) is 8.74. The summed E-state index contributed by atoms with van der Waals surface area (Å²) in [7, 11) is 1.63. The highest BCUT2D eigenvalue weighted by Gasteiger charge is 2.31. The molecule has 0 unspecified atom stereocenters. The lowest BCUT2D eigenvalue weighted by atomic mass is 10.1. The number of hydrogen-bond acceptors (Lipinski definition) is 7. The van der Waals surface area contributed by atoms with Crippen LogP contribution in [0.15, 0.2) is 69.0 Å². The first-order chi connectivity index (χ1) is 18.7. The van der Waals surface area contributed by atoms with E-state index in [0.717, 1.165) is 5.56 Å². The van der Waals surface area contributed by atoms with Crippen LogP contribution >= 0.6 is 27.7 Å². The molecule has 0 radical (unpaired) electrons. The number of rotatable bonds is 8. The molecule has 1 aliphatic heterocycles. The zero-order valence-corrected chi connectivity index (χ0v) is 23.8. The number of hydrogen-bond donors (Lipinski definition) is 1. The molecule has 1 saturated heterocycles. The number of nitrogens with zero attached hydrogens (tertiary/aromatic N) is 3. The summed E-state index contributed by atoms with van der Waals surface area (Å²) in [5.74, 6) is -0.276. The van der Waals surface area contributed by atoms with Gasteiger partial charge in [0.1, 0.15) is 6.61 Å². The van der Waals surface area contributed by atoms with Crippen molar-refractivity contribution in [3.63, 3.8) is 0 Å². The zero-order valence-electron chi connectivity index (χ0n) is 21.4. The van der Waals surface area contributed by atoms with Crippen molar-refractivity contribution in [2.45, 2.75) is 20.5 Å². The van der Waals surface area contributed by atoms with Crippen molar-refractivity contribution in [2.24, 2.45) is 4.99 Å². The Labute approximate surface area is 238 Å². The average Bonchev–Trinajstić information content (AvgIpc) is 3.17. The zero-order chi connectivity index (χ0) is 28.1. The van der Waals surface area contributed by atoms with Crippen LogP contribution in [0.3, 0.4) is 0 Å². The largest absolute Gasteiger partial charge is 0.490 e. The molecule has 0 saturated carbocycles. The number of amides is 1. The van der Waals surface area contributed by atoms with E-state index in [1.165, 1.54) is 22.7 Å². The van der Waals surface area contributed by atoms with Crippen LogP contribution in [0.5, 0.6) is 11.5 Å². The summed E-state index contributed by atoms with van der Waals surface area (Å²) in [5.41, 5.74) is 3.18. The van der Waals surface area contributed by atoms with Crippen LogP contribution in [0.2, 0.25) is 0 Å². The second-order valence-corrected chi connectivity index (χ2v) is 10.3. The van der Waals surface area contributed by atoms with Gasteiger partial charge in [-0.05, 0) is 89.1 Å².